The fourth-order valence-corrected chi connectivity index (χ4v) is 1.94. The molecule has 0 aliphatic rings. The predicted molar refractivity (Wildman–Crippen MR) is 93.9 cm³/mol. The Morgan fingerprint density at radius 2 is 2.04 bits per heavy atom. The van der Waals surface area contributed by atoms with Gasteiger partial charge >= 0.3 is 6.61 Å². The van der Waals surface area contributed by atoms with E-state index in [1.54, 1.807) is 26.2 Å². The van der Waals surface area contributed by atoms with Gasteiger partial charge in [-0.15, -0.1) is 0 Å². The van der Waals surface area contributed by atoms with Crippen LogP contribution in [0.3, 0.4) is 0 Å². The molecule has 0 radical (unpaired) electrons. The number of hydrogen-bond acceptors (Lipinski definition) is 3. The van der Waals surface area contributed by atoms with Gasteiger partial charge in [-0.25, -0.2) is 4.99 Å². The van der Waals surface area contributed by atoms with Crippen molar-refractivity contribution >= 4 is 11.9 Å². The number of carbonyl (C=O) groups is 1. The fourth-order valence-electron chi connectivity index (χ4n) is 1.94. The molecule has 1 aromatic carbocycles. The van der Waals surface area contributed by atoms with Crippen LogP contribution in [-0.2, 0) is 11.3 Å². The number of rotatable bonds is 8. The summed E-state index contributed by atoms with van der Waals surface area (Å²) in [6, 6.07) is 4.97. The first-order valence-electron chi connectivity index (χ1n) is 8.10. The number of hydrogen-bond donors (Lipinski definition) is 2. The summed E-state index contributed by atoms with van der Waals surface area (Å²) in [6.07, 6.45) is 0.881. The zero-order valence-electron chi connectivity index (χ0n) is 15.1. The maximum Gasteiger partial charge on any atom is 0.387 e. The van der Waals surface area contributed by atoms with Crippen molar-refractivity contribution in [3.63, 3.8) is 0 Å². The quantitative estimate of drug-likeness (QED) is 0.553. The Morgan fingerprint density at radius 3 is 2.64 bits per heavy atom. The number of amides is 1. The van der Waals surface area contributed by atoms with Gasteiger partial charge in [0.25, 0.3) is 0 Å². The van der Waals surface area contributed by atoms with E-state index >= 15 is 0 Å². The molecule has 0 aliphatic heterocycles. The highest BCUT2D eigenvalue weighted by molar-refractivity contribution is 5.86. The van der Waals surface area contributed by atoms with Gasteiger partial charge in [0.2, 0.25) is 5.91 Å². The number of guanidine groups is 1. The van der Waals surface area contributed by atoms with Crippen molar-refractivity contribution in [3.8, 4) is 5.75 Å². The molecule has 0 spiro atoms. The topological polar surface area (TPSA) is 66.0 Å². The molecule has 2 N–H and O–H groups in total. The van der Waals surface area contributed by atoms with Crippen LogP contribution < -0.4 is 15.4 Å². The molecule has 0 heterocycles. The summed E-state index contributed by atoms with van der Waals surface area (Å²) in [5, 5.41) is 6.03. The summed E-state index contributed by atoms with van der Waals surface area (Å²) in [7, 11) is 3.34. The summed E-state index contributed by atoms with van der Waals surface area (Å²) in [4.78, 5) is 17.5. The Labute approximate surface area is 147 Å². The Morgan fingerprint density at radius 1 is 1.32 bits per heavy atom. The number of ether oxygens (including phenoxy) is 1. The monoisotopic (exact) mass is 356 g/mol. The average Bonchev–Trinajstić information content (AvgIpc) is 2.55. The van der Waals surface area contributed by atoms with E-state index in [1.807, 2.05) is 13.8 Å². The summed E-state index contributed by atoms with van der Waals surface area (Å²) in [6.45, 7) is 1.90. The van der Waals surface area contributed by atoms with E-state index in [4.69, 9.17) is 0 Å². The second-order valence-electron chi connectivity index (χ2n) is 5.72. The molecular formula is C17H26F2N4O2. The Balaban J connectivity index is 2.87. The molecular weight excluding hydrogens is 330 g/mol. The van der Waals surface area contributed by atoms with Crippen molar-refractivity contribution in [1.29, 1.82) is 0 Å². The Bertz CT molecular complexity index is 592. The number of nitrogens with one attached hydrogen (secondary N) is 2. The van der Waals surface area contributed by atoms with Gasteiger partial charge in [-0.2, -0.15) is 8.78 Å². The number of aliphatic imine (C=N–C) groups is 1. The standard InChI is InChI=1S/C17H26F2N4O2/c1-5-8-20-17(22-11-15(24)23(3)4)21-10-13-9-12(2)6-7-14(13)25-16(18)19/h6-7,9,16H,5,8,10-11H2,1-4H3,(H2,20,21,22). The molecule has 0 aromatic heterocycles. The van der Waals surface area contributed by atoms with E-state index in [-0.39, 0.29) is 24.7 Å². The maximum absolute atomic E-state index is 12.5. The van der Waals surface area contributed by atoms with Gasteiger partial charge in [0.15, 0.2) is 5.96 Å². The fraction of sp³-hybridized carbons (Fsp3) is 0.529. The van der Waals surface area contributed by atoms with Gasteiger partial charge in [0.05, 0.1) is 13.1 Å². The Kier molecular flexibility index (Phi) is 8.66. The van der Waals surface area contributed by atoms with Crippen molar-refractivity contribution in [2.24, 2.45) is 4.99 Å². The molecule has 0 unspecified atom stereocenters. The van der Waals surface area contributed by atoms with Crippen LogP contribution in [0.5, 0.6) is 5.75 Å². The molecule has 140 valence electrons. The number of carbonyl (C=O) groups excluding carboxylic acids is 1. The summed E-state index contributed by atoms with van der Waals surface area (Å²) in [5.41, 5.74) is 1.47. The minimum absolute atomic E-state index is 0.0940. The molecule has 0 fully saturated rings. The van der Waals surface area contributed by atoms with Gasteiger partial charge in [0, 0.05) is 26.2 Å². The average molecular weight is 356 g/mol. The third kappa shape index (κ3) is 7.82. The minimum atomic E-state index is -2.89. The molecule has 0 aliphatic carbocycles. The summed E-state index contributed by atoms with van der Waals surface area (Å²) < 4.78 is 29.6. The van der Waals surface area contributed by atoms with Crippen LogP contribution in [-0.4, -0.2) is 50.6 Å². The van der Waals surface area contributed by atoms with Gasteiger partial charge in [0.1, 0.15) is 5.75 Å². The van der Waals surface area contributed by atoms with Crippen molar-refractivity contribution in [1.82, 2.24) is 15.5 Å². The van der Waals surface area contributed by atoms with E-state index in [2.05, 4.69) is 20.4 Å². The molecule has 8 heteroatoms. The van der Waals surface area contributed by atoms with E-state index in [0.717, 1.165) is 12.0 Å². The molecule has 0 saturated heterocycles. The van der Waals surface area contributed by atoms with Crippen LogP contribution in [0.25, 0.3) is 0 Å². The number of alkyl halides is 2. The SMILES string of the molecule is CCCNC(=NCc1cc(C)ccc1OC(F)F)NCC(=O)N(C)C. The number of benzene rings is 1. The lowest BCUT2D eigenvalue weighted by Gasteiger charge is -2.15. The van der Waals surface area contributed by atoms with E-state index in [9.17, 15) is 13.6 Å². The summed E-state index contributed by atoms with van der Waals surface area (Å²) in [5.74, 6) is 0.452. The third-order valence-electron chi connectivity index (χ3n) is 3.29. The molecule has 6 nitrogen and oxygen atoms in total. The van der Waals surface area contributed by atoms with Gasteiger partial charge in [-0.3, -0.25) is 4.79 Å². The molecule has 1 aromatic rings. The molecule has 0 bridgehead atoms. The first-order chi connectivity index (χ1) is 11.8. The van der Waals surface area contributed by atoms with Crippen LogP contribution in [0.4, 0.5) is 8.78 Å². The first kappa shape index (κ1) is 20.7. The molecule has 25 heavy (non-hydrogen) atoms. The van der Waals surface area contributed by atoms with Crippen LogP contribution >= 0.6 is 0 Å². The molecule has 1 rings (SSSR count). The normalized spacial score (nSPS) is 11.4. The minimum Gasteiger partial charge on any atom is -0.434 e. The highest BCUT2D eigenvalue weighted by atomic mass is 19.3. The Hall–Kier alpha value is -2.38. The van der Waals surface area contributed by atoms with Crippen molar-refractivity contribution in [2.75, 3.05) is 27.2 Å². The largest absolute Gasteiger partial charge is 0.434 e. The van der Waals surface area contributed by atoms with Gasteiger partial charge in [-0.05, 0) is 19.4 Å². The molecule has 1 amide bonds. The van der Waals surface area contributed by atoms with Crippen LogP contribution in [0.15, 0.2) is 23.2 Å². The lowest BCUT2D eigenvalue weighted by atomic mass is 10.1. The van der Waals surface area contributed by atoms with Gasteiger partial charge < -0.3 is 20.3 Å². The second kappa shape index (κ2) is 10.5. The van der Waals surface area contributed by atoms with Crippen molar-refractivity contribution < 1.29 is 18.3 Å². The van der Waals surface area contributed by atoms with E-state index in [1.165, 1.54) is 11.0 Å². The third-order valence-corrected chi connectivity index (χ3v) is 3.29. The first-order valence-corrected chi connectivity index (χ1v) is 8.10. The second-order valence-corrected chi connectivity index (χ2v) is 5.72. The highest BCUT2D eigenvalue weighted by Crippen LogP contribution is 2.22. The maximum atomic E-state index is 12.5. The molecule has 0 atom stereocenters. The van der Waals surface area contributed by atoms with Crippen LogP contribution in [0.1, 0.15) is 24.5 Å². The van der Waals surface area contributed by atoms with Gasteiger partial charge in [-0.1, -0.05) is 24.6 Å². The zero-order valence-corrected chi connectivity index (χ0v) is 15.1. The highest BCUT2D eigenvalue weighted by Gasteiger charge is 2.11. The van der Waals surface area contributed by atoms with E-state index < -0.39 is 6.61 Å². The van der Waals surface area contributed by atoms with Crippen LogP contribution in [0, 0.1) is 6.92 Å². The van der Waals surface area contributed by atoms with Crippen molar-refractivity contribution in [2.45, 2.75) is 33.4 Å². The number of likely N-dealkylation sites (N-methyl/N-ethyl adjacent to an activating group) is 1. The number of nitrogens with zero attached hydrogens (tertiary/aromatic N) is 2. The summed E-state index contributed by atoms with van der Waals surface area (Å²) >= 11 is 0. The van der Waals surface area contributed by atoms with Crippen molar-refractivity contribution in [3.05, 3.63) is 29.3 Å². The van der Waals surface area contributed by atoms with E-state index in [0.29, 0.717) is 18.1 Å². The lowest BCUT2D eigenvalue weighted by Crippen LogP contribution is -2.43. The smallest absolute Gasteiger partial charge is 0.387 e. The lowest BCUT2D eigenvalue weighted by molar-refractivity contribution is -0.127. The predicted octanol–water partition coefficient (Wildman–Crippen LogP) is 2.13. The number of aryl methyl sites for hydroxylation is 1. The number of halogens is 2. The van der Waals surface area contributed by atoms with Crippen LogP contribution in [0.2, 0.25) is 0 Å². The molecule has 0 saturated carbocycles. The zero-order chi connectivity index (χ0) is 18.8.